The number of carbonyl (C=O) groups excluding carboxylic acids is 1. The summed E-state index contributed by atoms with van der Waals surface area (Å²) in [5.74, 6) is -1.67. The number of carbonyl (C=O) groups is 2. The Hall–Kier alpha value is -1.27. The summed E-state index contributed by atoms with van der Waals surface area (Å²) in [5.41, 5.74) is -3.05. The smallest absolute Gasteiger partial charge is 0.394 e. The van der Waals surface area contributed by atoms with Gasteiger partial charge in [0.15, 0.2) is 0 Å². The van der Waals surface area contributed by atoms with Gasteiger partial charge in [0.25, 0.3) is 0 Å². The first kappa shape index (κ1) is 16.1. The summed E-state index contributed by atoms with van der Waals surface area (Å²) >= 11 is 0. The molecular weight excluding hydrogens is 287 g/mol. The van der Waals surface area contributed by atoms with Crippen LogP contribution < -0.4 is 0 Å². The van der Waals surface area contributed by atoms with E-state index in [1.165, 1.54) is 4.90 Å². The number of alkyl halides is 3. The lowest BCUT2D eigenvalue weighted by atomic mass is 9.81. The molecule has 0 radical (unpaired) electrons. The lowest BCUT2D eigenvalue weighted by Crippen LogP contribution is -2.41. The molecule has 1 saturated heterocycles. The van der Waals surface area contributed by atoms with Crippen molar-refractivity contribution in [3.63, 3.8) is 0 Å². The van der Waals surface area contributed by atoms with Crippen molar-refractivity contribution in [2.75, 3.05) is 13.1 Å². The van der Waals surface area contributed by atoms with E-state index >= 15 is 0 Å². The van der Waals surface area contributed by atoms with E-state index in [1.807, 2.05) is 0 Å². The molecule has 1 heterocycles. The summed E-state index contributed by atoms with van der Waals surface area (Å²) in [6, 6.07) is 0. The van der Waals surface area contributed by atoms with Gasteiger partial charge in [-0.25, -0.2) is 0 Å². The molecule has 0 aromatic heterocycles. The quantitative estimate of drug-likeness (QED) is 0.872. The summed E-state index contributed by atoms with van der Waals surface area (Å²) in [6.07, 6.45) is -3.08. The molecule has 4 nitrogen and oxygen atoms in total. The van der Waals surface area contributed by atoms with Gasteiger partial charge in [0.2, 0.25) is 5.91 Å². The molecule has 1 amide bonds. The third kappa shape index (κ3) is 2.62. The van der Waals surface area contributed by atoms with E-state index in [0.29, 0.717) is 6.42 Å². The van der Waals surface area contributed by atoms with Crippen LogP contribution in [0.2, 0.25) is 0 Å². The van der Waals surface area contributed by atoms with Gasteiger partial charge >= 0.3 is 12.1 Å². The van der Waals surface area contributed by atoms with Gasteiger partial charge in [-0.05, 0) is 18.8 Å². The predicted octanol–water partition coefficient (Wildman–Crippen LogP) is 2.68. The molecular formula is C14H20F3NO3. The highest BCUT2D eigenvalue weighted by atomic mass is 19.4. The van der Waals surface area contributed by atoms with Crippen LogP contribution in [-0.4, -0.2) is 41.1 Å². The summed E-state index contributed by atoms with van der Waals surface area (Å²) in [7, 11) is 0. The van der Waals surface area contributed by atoms with E-state index in [9.17, 15) is 27.9 Å². The van der Waals surface area contributed by atoms with Crippen LogP contribution >= 0.6 is 0 Å². The van der Waals surface area contributed by atoms with Crippen molar-refractivity contribution in [1.29, 1.82) is 0 Å². The summed E-state index contributed by atoms with van der Waals surface area (Å²) < 4.78 is 38.6. The fourth-order valence-electron chi connectivity index (χ4n) is 3.42. The Morgan fingerprint density at radius 1 is 1.33 bits per heavy atom. The van der Waals surface area contributed by atoms with Gasteiger partial charge in [0.05, 0.1) is 10.8 Å². The van der Waals surface area contributed by atoms with Crippen molar-refractivity contribution in [2.45, 2.75) is 45.7 Å². The van der Waals surface area contributed by atoms with Crippen molar-refractivity contribution in [2.24, 2.45) is 16.7 Å². The van der Waals surface area contributed by atoms with Crippen molar-refractivity contribution < 1.29 is 27.9 Å². The van der Waals surface area contributed by atoms with E-state index < -0.39 is 35.3 Å². The topological polar surface area (TPSA) is 57.6 Å². The number of likely N-dealkylation sites (tertiary alicyclic amines) is 1. The number of rotatable bonds is 3. The van der Waals surface area contributed by atoms with Crippen LogP contribution in [0.25, 0.3) is 0 Å². The molecule has 2 fully saturated rings. The fraction of sp³-hybridized carbons (Fsp3) is 0.857. The lowest BCUT2D eigenvalue weighted by molar-refractivity contribution is -0.215. The number of halogens is 3. The van der Waals surface area contributed by atoms with Crippen molar-refractivity contribution >= 4 is 11.9 Å². The largest absolute Gasteiger partial charge is 0.481 e. The third-order valence-electron chi connectivity index (χ3n) is 5.01. The van der Waals surface area contributed by atoms with Gasteiger partial charge < -0.3 is 10.0 Å². The van der Waals surface area contributed by atoms with Crippen LogP contribution in [-0.2, 0) is 9.59 Å². The monoisotopic (exact) mass is 307 g/mol. The SMILES string of the molecule is CC(C)(CC(=O)N1C[C@@H]2CCC[C@@]2(C(=O)O)C1)C(F)(F)F. The van der Waals surface area contributed by atoms with E-state index in [2.05, 4.69) is 0 Å². The van der Waals surface area contributed by atoms with Crippen LogP contribution in [0.3, 0.4) is 0 Å². The lowest BCUT2D eigenvalue weighted by Gasteiger charge is -2.29. The second kappa shape index (κ2) is 4.88. The average Bonchev–Trinajstić information content (AvgIpc) is 2.82. The molecule has 2 rings (SSSR count). The van der Waals surface area contributed by atoms with E-state index in [0.717, 1.165) is 26.7 Å². The van der Waals surface area contributed by atoms with Gasteiger partial charge in [-0.1, -0.05) is 20.3 Å². The molecule has 1 aliphatic carbocycles. The van der Waals surface area contributed by atoms with Crippen molar-refractivity contribution in [3.8, 4) is 0 Å². The number of carboxylic acid groups (broad SMARTS) is 1. The van der Waals surface area contributed by atoms with Crippen LogP contribution in [0.15, 0.2) is 0 Å². The Morgan fingerprint density at radius 2 is 1.95 bits per heavy atom. The first-order valence-electron chi connectivity index (χ1n) is 7.07. The van der Waals surface area contributed by atoms with Crippen LogP contribution in [0.1, 0.15) is 39.5 Å². The normalized spacial score (nSPS) is 29.6. The van der Waals surface area contributed by atoms with Gasteiger partial charge in [-0.15, -0.1) is 0 Å². The molecule has 1 N–H and O–H groups in total. The second-order valence-electron chi connectivity index (χ2n) is 6.88. The molecule has 1 saturated carbocycles. The number of nitrogens with zero attached hydrogens (tertiary/aromatic N) is 1. The Bertz CT molecular complexity index is 461. The predicted molar refractivity (Wildman–Crippen MR) is 68.4 cm³/mol. The molecule has 21 heavy (non-hydrogen) atoms. The zero-order valence-electron chi connectivity index (χ0n) is 12.2. The first-order valence-corrected chi connectivity index (χ1v) is 7.07. The number of aliphatic carboxylic acids is 1. The van der Waals surface area contributed by atoms with Gasteiger partial charge in [-0.2, -0.15) is 13.2 Å². The minimum atomic E-state index is -4.46. The minimum absolute atomic E-state index is 0.0414. The molecule has 0 spiro atoms. The second-order valence-corrected chi connectivity index (χ2v) is 6.88. The highest BCUT2D eigenvalue weighted by Crippen LogP contribution is 2.49. The molecule has 0 aromatic rings. The number of hydrogen-bond acceptors (Lipinski definition) is 2. The van der Waals surface area contributed by atoms with Crippen LogP contribution in [0.5, 0.6) is 0 Å². The molecule has 0 unspecified atom stereocenters. The zero-order chi connectivity index (χ0) is 16.1. The van der Waals surface area contributed by atoms with E-state index in [4.69, 9.17) is 0 Å². The van der Waals surface area contributed by atoms with Gasteiger partial charge in [0.1, 0.15) is 0 Å². The molecule has 2 aliphatic rings. The summed E-state index contributed by atoms with van der Waals surface area (Å²) in [5, 5.41) is 9.42. The highest BCUT2D eigenvalue weighted by molar-refractivity contribution is 5.81. The van der Waals surface area contributed by atoms with Crippen molar-refractivity contribution in [3.05, 3.63) is 0 Å². The molecule has 7 heteroatoms. The summed E-state index contributed by atoms with van der Waals surface area (Å²) in [6.45, 7) is 2.29. The molecule has 0 aromatic carbocycles. The number of amides is 1. The van der Waals surface area contributed by atoms with Crippen LogP contribution in [0, 0.1) is 16.7 Å². The number of carboxylic acids is 1. The molecule has 2 atom stereocenters. The Kier molecular flexibility index (Phi) is 3.74. The average molecular weight is 307 g/mol. The molecule has 1 aliphatic heterocycles. The Labute approximate surface area is 121 Å². The maximum atomic E-state index is 12.9. The maximum absolute atomic E-state index is 12.9. The van der Waals surface area contributed by atoms with Crippen molar-refractivity contribution in [1.82, 2.24) is 4.90 Å². The number of hydrogen-bond donors (Lipinski definition) is 1. The zero-order valence-corrected chi connectivity index (χ0v) is 12.2. The highest BCUT2D eigenvalue weighted by Gasteiger charge is 2.57. The van der Waals surface area contributed by atoms with Gasteiger partial charge in [-0.3, -0.25) is 9.59 Å². The Balaban J connectivity index is 2.08. The first-order chi connectivity index (χ1) is 9.49. The van der Waals surface area contributed by atoms with E-state index in [-0.39, 0.29) is 19.0 Å². The Morgan fingerprint density at radius 3 is 2.43 bits per heavy atom. The summed E-state index contributed by atoms with van der Waals surface area (Å²) in [4.78, 5) is 24.9. The number of fused-ring (bicyclic) bond motifs is 1. The van der Waals surface area contributed by atoms with Crippen LogP contribution in [0.4, 0.5) is 13.2 Å². The minimum Gasteiger partial charge on any atom is -0.481 e. The van der Waals surface area contributed by atoms with Gasteiger partial charge in [0, 0.05) is 19.5 Å². The third-order valence-corrected chi connectivity index (χ3v) is 5.01. The maximum Gasteiger partial charge on any atom is 0.394 e. The standard InChI is InChI=1S/C14H20F3NO3/c1-12(2,14(15,16)17)6-10(19)18-7-9-4-3-5-13(9,8-18)11(20)21/h9H,3-8H2,1-2H3,(H,20,21)/t9-,13+/m0/s1. The fourth-order valence-corrected chi connectivity index (χ4v) is 3.42. The van der Waals surface area contributed by atoms with E-state index in [1.54, 1.807) is 0 Å². The molecule has 120 valence electrons. The molecule has 0 bridgehead atoms.